The number of aromatic nitrogens is 3. The van der Waals surface area contributed by atoms with Gasteiger partial charge in [0.2, 0.25) is 11.1 Å². The zero-order chi connectivity index (χ0) is 19.9. The van der Waals surface area contributed by atoms with Crippen molar-refractivity contribution in [3.63, 3.8) is 0 Å². The Bertz CT molecular complexity index is 924. The highest BCUT2D eigenvalue weighted by Gasteiger charge is 2.13. The molecule has 2 N–H and O–H groups in total. The molecule has 1 aromatic heterocycles. The Morgan fingerprint density at radius 3 is 2.68 bits per heavy atom. The van der Waals surface area contributed by atoms with E-state index in [2.05, 4.69) is 40.4 Å². The largest absolute Gasteiger partial charge is 0.497 e. The molecule has 1 amide bonds. The molecule has 0 aliphatic carbocycles. The smallest absolute Gasteiger partial charge is 0.234 e. The maximum atomic E-state index is 12.4. The van der Waals surface area contributed by atoms with Crippen molar-refractivity contribution in [1.82, 2.24) is 15.2 Å². The summed E-state index contributed by atoms with van der Waals surface area (Å²) < 4.78 is 5.16. The number of ether oxygens (including phenoxy) is 1. The van der Waals surface area contributed by atoms with Crippen molar-refractivity contribution < 1.29 is 9.53 Å². The second kappa shape index (κ2) is 9.41. The number of para-hydroxylation sites is 1. The van der Waals surface area contributed by atoms with Crippen molar-refractivity contribution in [3.8, 4) is 17.1 Å². The molecule has 0 radical (unpaired) electrons. The first-order chi connectivity index (χ1) is 13.6. The lowest BCUT2D eigenvalue weighted by atomic mass is 9.97. The van der Waals surface area contributed by atoms with E-state index in [1.165, 1.54) is 11.8 Å². The molecule has 7 heteroatoms. The molecule has 1 atom stereocenters. The van der Waals surface area contributed by atoms with Crippen LogP contribution in [0.15, 0.2) is 53.7 Å². The lowest BCUT2D eigenvalue weighted by molar-refractivity contribution is -0.113. The van der Waals surface area contributed by atoms with E-state index in [-0.39, 0.29) is 11.7 Å². The third kappa shape index (κ3) is 4.92. The number of H-pyrrole nitrogens is 1. The highest BCUT2D eigenvalue weighted by atomic mass is 32.2. The molecule has 146 valence electrons. The number of benzene rings is 2. The van der Waals surface area contributed by atoms with E-state index in [9.17, 15) is 4.79 Å². The molecule has 0 saturated heterocycles. The number of aromatic amines is 1. The number of hydrogen-bond acceptors (Lipinski definition) is 5. The normalized spacial score (nSPS) is 11.8. The Morgan fingerprint density at radius 1 is 1.21 bits per heavy atom. The number of carbonyl (C=O) groups is 1. The summed E-state index contributed by atoms with van der Waals surface area (Å²) in [5.74, 6) is 2.01. The number of carbonyl (C=O) groups excluding carboxylic acids is 1. The fourth-order valence-corrected chi connectivity index (χ4v) is 3.36. The highest BCUT2D eigenvalue weighted by molar-refractivity contribution is 7.99. The van der Waals surface area contributed by atoms with Crippen LogP contribution in [-0.2, 0) is 4.79 Å². The number of nitrogens with zero attached hydrogens (tertiary/aromatic N) is 2. The van der Waals surface area contributed by atoms with Crippen LogP contribution in [0, 0.1) is 0 Å². The number of rotatable bonds is 8. The van der Waals surface area contributed by atoms with Crippen LogP contribution in [0.1, 0.15) is 31.7 Å². The molecule has 0 aliphatic heterocycles. The summed E-state index contributed by atoms with van der Waals surface area (Å²) in [5.41, 5.74) is 2.94. The monoisotopic (exact) mass is 396 g/mol. The summed E-state index contributed by atoms with van der Waals surface area (Å²) in [6, 6.07) is 15.5. The number of anilines is 1. The summed E-state index contributed by atoms with van der Waals surface area (Å²) >= 11 is 1.30. The average molecular weight is 397 g/mol. The molecule has 0 bridgehead atoms. The predicted molar refractivity (Wildman–Crippen MR) is 113 cm³/mol. The molecule has 0 unspecified atom stereocenters. The number of hydrogen-bond donors (Lipinski definition) is 2. The SMILES string of the molecule is CC[C@@H](C)c1ccccc1NC(=O)CSc1n[nH]c(-c2ccc(OC)cc2)n1. The summed E-state index contributed by atoms with van der Waals surface area (Å²) in [4.78, 5) is 16.8. The van der Waals surface area contributed by atoms with Crippen LogP contribution in [0.2, 0.25) is 0 Å². The highest BCUT2D eigenvalue weighted by Crippen LogP contribution is 2.27. The van der Waals surface area contributed by atoms with Crippen LogP contribution in [-0.4, -0.2) is 34.0 Å². The minimum absolute atomic E-state index is 0.0726. The van der Waals surface area contributed by atoms with Crippen molar-refractivity contribution in [2.45, 2.75) is 31.3 Å². The number of methoxy groups -OCH3 is 1. The Hall–Kier alpha value is -2.80. The van der Waals surface area contributed by atoms with Gasteiger partial charge in [-0.05, 0) is 48.2 Å². The number of nitrogens with one attached hydrogen (secondary N) is 2. The van der Waals surface area contributed by atoms with Crippen LogP contribution in [0.4, 0.5) is 5.69 Å². The molecular formula is C21H24N4O2S. The maximum absolute atomic E-state index is 12.4. The van der Waals surface area contributed by atoms with E-state index in [1.54, 1.807) is 7.11 Å². The lowest BCUT2D eigenvalue weighted by Crippen LogP contribution is -2.16. The first-order valence-electron chi connectivity index (χ1n) is 9.19. The van der Waals surface area contributed by atoms with Gasteiger partial charge in [-0.1, -0.05) is 43.8 Å². The molecule has 2 aromatic carbocycles. The summed E-state index contributed by atoms with van der Waals surface area (Å²) in [5, 5.41) is 10.6. The van der Waals surface area contributed by atoms with E-state index in [1.807, 2.05) is 42.5 Å². The fraction of sp³-hybridized carbons (Fsp3) is 0.286. The van der Waals surface area contributed by atoms with Gasteiger partial charge in [-0.15, -0.1) is 5.10 Å². The molecule has 0 spiro atoms. The molecule has 6 nitrogen and oxygen atoms in total. The van der Waals surface area contributed by atoms with Crippen molar-refractivity contribution in [3.05, 3.63) is 54.1 Å². The van der Waals surface area contributed by atoms with Crippen LogP contribution in [0.5, 0.6) is 5.75 Å². The molecule has 1 heterocycles. The molecule has 3 rings (SSSR count). The zero-order valence-electron chi connectivity index (χ0n) is 16.2. The third-order valence-electron chi connectivity index (χ3n) is 4.54. The first-order valence-corrected chi connectivity index (χ1v) is 10.2. The molecule has 0 fully saturated rings. The summed E-state index contributed by atoms with van der Waals surface area (Å²) in [7, 11) is 1.63. The Morgan fingerprint density at radius 2 is 1.96 bits per heavy atom. The van der Waals surface area contributed by atoms with Crippen LogP contribution in [0.25, 0.3) is 11.4 Å². The van der Waals surface area contributed by atoms with E-state index in [0.29, 0.717) is 16.9 Å². The van der Waals surface area contributed by atoms with Gasteiger partial charge in [0.05, 0.1) is 12.9 Å². The molecule has 28 heavy (non-hydrogen) atoms. The van der Waals surface area contributed by atoms with E-state index >= 15 is 0 Å². The molecule has 3 aromatic rings. The van der Waals surface area contributed by atoms with Gasteiger partial charge in [-0.2, -0.15) is 0 Å². The van der Waals surface area contributed by atoms with Crippen LogP contribution < -0.4 is 10.1 Å². The molecule has 0 saturated carbocycles. The van der Waals surface area contributed by atoms with Gasteiger partial charge in [-0.3, -0.25) is 9.89 Å². The maximum Gasteiger partial charge on any atom is 0.234 e. The number of thioether (sulfide) groups is 1. The topological polar surface area (TPSA) is 79.9 Å². The zero-order valence-corrected chi connectivity index (χ0v) is 17.0. The van der Waals surface area contributed by atoms with Crippen molar-refractivity contribution in [1.29, 1.82) is 0 Å². The van der Waals surface area contributed by atoms with Gasteiger partial charge >= 0.3 is 0 Å². The number of amides is 1. The van der Waals surface area contributed by atoms with Gasteiger partial charge < -0.3 is 10.1 Å². The molecular weight excluding hydrogens is 372 g/mol. The summed E-state index contributed by atoms with van der Waals surface area (Å²) in [6.45, 7) is 4.30. The first kappa shape index (κ1) is 19.9. The van der Waals surface area contributed by atoms with Gasteiger partial charge in [0.15, 0.2) is 5.82 Å². The van der Waals surface area contributed by atoms with Gasteiger partial charge in [-0.25, -0.2) is 4.98 Å². The Labute approximate surface area is 169 Å². The fourth-order valence-electron chi connectivity index (χ4n) is 2.77. The van der Waals surface area contributed by atoms with E-state index < -0.39 is 0 Å². The molecule has 0 aliphatic rings. The van der Waals surface area contributed by atoms with E-state index in [4.69, 9.17) is 4.74 Å². The third-order valence-corrected chi connectivity index (χ3v) is 5.39. The second-order valence-electron chi connectivity index (χ2n) is 6.43. The summed E-state index contributed by atoms with van der Waals surface area (Å²) in [6.07, 6.45) is 1.02. The minimum atomic E-state index is -0.0726. The Kier molecular flexibility index (Phi) is 6.71. The van der Waals surface area contributed by atoms with Crippen molar-refractivity contribution in [2.24, 2.45) is 0 Å². The lowest BCUT2D eigenvalue weighted by Gasteiger charge is -2.15. The van der Waals surface area contributed by atoms with Crippen LogP contribution >= 0.6 is 11.8 Å². The van der Waals surface area contributed by atoms with E-state index in [0.717, 1.165) is 29.0 Å². The van der Waals surface area contributed by atoms with Gasteiger partial charge in [0, 0.05) is 11.3 Å². The van der Waals surface area contributed by atoms with Crippen LogP contribution in [0.3, 0.4) is 0 Å². The van der Waals surface area contributed by atoms with Crippen molar-refractivity contribution >= 4 is 23.4 Å². The predicted octanol–water partition coefficient (Wildman–Crippen LogP) is 4.72. The Balaban J connectivity index is 1.59. The minimum Gasteiger partial charge on any atom is -0.497 e. The second-order valence-corrected chi connectivity index (χ2v) is 7.37. The van der Waals surface area contributed by atoms with Gasteiger partial charge in [0.25, 0.3) is 0 Å². The van der Waals surface area contributed by atoms with Gasteiger partial charge in [0.1, 0.15) is 5.75 Å². The average Bonchev–Trinajstić information content (AvgIpc) is 3.21. The quantitative estimate of drug-likeness (QED) is 0.538. The van der Waals surface area contributed by atoms with Crippen molar-refractivity contribution in [2.75, 3.05) is 18.2 Å². The standard InChI is InChI=1S/C21H24N4O2S/c1-4-14(2)17-7-5-6-8-18(17)22-19(26)13-28-21-23-20(24-25-21)15-9-11-16(27-3)12-10-15/h5-12,14H,4,13H2,1-3H3,(H,22,26)(H,23,24,25)/t14-/m1/s1.